The van der Waals surface area contributed by atoms with Gasteiger partial charge in [0.05, 0.1) is 12.3 Å². The van der Waals surface area contributed by atoms with Crippen LogP contribution in [-0.2, 0) is 28.9 Å². The minimum absolute atomic E-state index is 0.0535. The molecular formula is C24H31N3O5. The van der Waals surface area contributed by atoms with E-state index in [-0.39, 0.29) is 24.9 Å². The Morgan fingerprint density at radius 3 is 2.31 bits per heavy atom. The summed E-state index contributed by atoms with van der Waals surface area (Å²) in [5.74, 6) is 0.330. The number of ether oxygens (including phenoxy) is 2. The van der Waals surface area contributed by atoms with E-state index in [4.69, 9.17) is 9.47 Å². The molecule has 2 N–H and O–H groups in total. The van der Waals surface area contributed by atoms with E-state index >= 15 is 0 Å². The van der Waals surface area contributed by atoms with Gasteiger partial charge in [-0.15, -0.1) is 0 Å². The summed E-state index contributed by atoms with van der Waals surface area (Å²) in [5.41, 5.74) is 2.48. The van der Waals surface area contributed by atoms with Crippen molar-refractivity contribution in [3.8, 4) is 17.5 Å². The molecular weight excluding hydrogens is 410 g/mol. The largest absolute Gasteiger partial charge is 0.494 e. The van der Waals surface area contributed by atoms with Crippen LogP contribution in [-0.4, -0.2) is 71.6 Å². The second-order valence-electron chi connectivity index (χ2n) is 8.02. The van der Waals surface area contributed by atoms with Gasteiger partial charge in [-0.2, -0.15) is 0 Å². The maximum atomic E-state index is 12.3. The molecule has 1 aromatic heterocycles. The SMILES string of the molecule is CCOc1ccccc1N1CCN(CCOC(=O)Cn2c(O)c3c(c2O)CC=CC3)CC1. The Labute approximate surface area is 188 Å². The van der Waals surface area contributed by atoms with Gasteiger partial charge in [-0.3, -0.25) is 14.3 Å². The highest BCUT2D eigenvalue weighted by Crippen LogP contribution is 2.36. The van der Waals surface area contributed by atoms with Gasteiger partial charge in [0.25, 0.3) is 0 Å². The van der Waals surface area contributed by atoms with Gasteiger partial charge in [-0.1, -0.05) is 24.3 Å². The number of allylic oxidation sites excluding steroid dienone is 2. The van der Waals surface area contributed by atoms with Crippen molar-refractivity contribution in [1.29, 1.82) is 0 Å². The lowest BCUT2D eigenvalue weighted by Gasteiger charge is -2.36. The molecule has 8 nitrogen and oxygen atoms in total. The fraction of sp³-hybridized carbons (Fsp3) is 0.458. The number of carbonyl (C=O) groups excluding carboxylic acids is 1. The number of hydrogen-bond acceptors (Lipinski definition) is 7. The Bertz CT molecular complexity index is 945. The molecule has 1 fully saturated rings. The Hall–Kier alpha value is -3.13. The minimum Gasteiger partial charge on any atom is -0.494 e. The summed E-state index contributed by atoms with van der Waals surface area (Å²) >= 11 is 0. The summed E-state index contributed by atoms with van der Waals surface area (Å²) in [6.07, 6.45) is 4.99. The molecule has 8 heteroatoms. The normalized spacial score (nSPS) is 16.1. The van der Waals surface area contributed by atoms with Crippen LogP contribution in [0.4, 0.5) is 5.69 Å². The third kappa shape index (κ3) is 4.70. The molecule has 0 bridgehead atoms. The third-order valence-electron chi connectivity index (χ3n) is 6.06. The van der Waals surface area contributed by atoms with Crippen LogP contribution < -0.4 is 9.64 Å². The Balaban J connectivity index is 1.23. The van der Waals surface area contributed by atoms with Crippen molar-refractivity contribution in [1.82, 2.24) is 9.47 Å². The number of benzene rings is 1. The highest BCUT2D eigenvalue weighted by atomic mass is 16.5. The zero-order valence-corrected chi connectivity index (χ0v) is 18.5. The van der Waals surface area contributed by atoms with Crippen molar-refractivity contribution in [2.24, 2.45) is 0 Å². The van der Waals surface area contributed by atoms with Gasteiger partial charge in [-0.25, -0.2) is 0 Å². The van der Waals surface area contributed by atoms with E-state index in [1.807, 2.05) is 37.3 Å². The molecule has 32 heavy (non-hydrogen) atoms. The topological polar surface area (TPSA) is 87.4 Å². The number of carbonyl (C=O) groups is 1. The van der Waals surface area contributed by atoms with E-state index in [1.54, 1.807) is 0 Å². The molecule has 2 heterocycles. The zero-order chi connectivity index (χ0) is 22.5. The molecule has 2 aromatic rings. The van der Waals surface area contributed by atoms with Crippen molar-refractivity contribution in [3.05, 3.63) is 47.5 Å². The number of fused-ring (bicyclic) bond motifs is 1. The molecule has 0 unspecified atom stereocenters. The first-order valence-electron chi connectivity index (χ1n) is 11.2. The standard InChI is InChI=1S/C24H31N3O5/c1-2-31-21-10-6-5-9-20(21)26-13-11-25(12-14-26)15-16-32-22(28)17-27-23(29)18-7-3-4-8-19(18)24(27)30/h3-6,9-10,29-30H,2,7-8,11-17H2,1H3. The monoisotopic (exact) mass is 441 g/mol. The van der Waals surface area contributed by atoms with E-state index in [0.29, 0.717) is 37.1 Å². The number of aromatic hydroxyl groups is 2. The highest BCUT2D eigenvalue weighted by Gasteiger charge is 2.24. The third-order valence-corrected chi connectivity index (χ3v) is 6.06. The fourth-order valence-corrected chi connectivity index (χ4v) is 4.35. The molecule has 172 valence electrons. The number of para-hydroxylation sites is 2. The van der Waals surface area contributed by atoms with Crippen LogP contribution in [0.2, 0.25) is 0 Å². The second kappa shape index (κ2) is 9.99. The smallest absolute Gasteiger partial charge is 0.326 e. The maximum absolute atomic E-state index is 12.3. The van der Waals surface area contributed by atoms with Gasteiger partial charge in [0.1, 0.15) is 18.9 Å². The molecule has 1 aliphatic carbocycles. The van der Waals surface area contributed by atoms with Crippen molar-refractivity contribution >= 4 is 11.7 Å². The van der Waals surface area contributed by atoms with Crippen LogP contribution in [0.5, 0.6) is 17.5 Å². The van der Waals surface area contributed by atoms with Crippen molar-refractivity contribution in [2.75, 3.05) is 50.8 Å². The maximum Gasteiger partial charge on any atom is 0.326 e. The van der Waals surface area contributed by atoms with E-state index in [0.717, 1.165) is 37.6 Å². The van der Waals surface area contributed by atoms with Gasteiger partial charge in [0, 0.05) is 43.9 Å². The first-order chi connectivity index (χ1) is 15.6. The molecule has 0 amide bonds. The molecule has 1 aromatic carbocycles. The van der Waals surface area contributed by atoms with Crippen LogP contribution >= 0.6 is 0 Å². The summed E-state index contributed by atoms with van der Waals surface area (Å²) in [6, 6.07) is 8.09. The Kier molecular flexibility index (Phi) is 6.90. The lowest BCUT2D eigenvalue weighted by molar-refractivity contribution is -0.145. The highest BCUT2D eigenvalue weighted by molar-refractivity contribution is 5.70. The van der Waals surface area contributed by atoms with Crippen LogP contribution in [0.25, 0.3) is 0 Å². The van der Waals surface area contributed by atoms with Crippen LogP contribution in [0.15, 0.2) is 36.4 Å². The summed E-state index contributed by atoms with van der Waals surface area (Å²) in [5, 5.41) is 20.7. The molecule has 0 saturated carbocycles. The average Bonchev–Trinajstić information content (AvgIpc) is 3.05. The Morgan fingerprint density at radius 2 is 1.66 bits per heavy atom. The van der Waals surface area contributed by atoms with Crippen molar-refractivity contribution < 1.29 is 24.5 Å². The van der Waals surface area contributed by atoms with E-state index in [1.165, 1.54) is 4.57 Å². The van der Waals surface area contributed by atoms with Crippen LogP contribution in [0, 0.1) is 0 Å². The number of aromatic nitrogens is 1. The quantitative estimate of drug-likeness (QED) is 0.480. The van der Waals surface area contributed by atoms with Gasteiger partial charge >= 0.3 is 5.97 Å². The molecule has 0 atom stereocenters. The van der Waals surface area contributed by atoms with Crippen LogP contribution in [0.3, 0.4) is 0 Å². The van der Waals surface area contributed by atoms with Crippen molar-refractivity contribution in [2.45, 2.75) is 26.3 Å². The lowest BCUT2D eigenvalue weighted by Crippen LogP contribution is -2.47. The average molecular weight is 442 g/mol. The molecule has 1 aliphatic heterocycles. The van der Waals surface area contributed by atoms with Gasteiger partial charge < -0.3 is 24.6 Å². The van der Waals surface area contributed by atoms with E-state index in [9.17, 15) is 15.0 Å². The minimum atomic E-state index is -0.472. The van der Waals surface area contributed by atoms with Crippen LogP contribution in [0.1, 0.15) is 18.1 Å². The summed E-state index contributed by atoms with van der Waals surface area (Å²) in [6.45, 7) is 6.85. The van der Waals surface area contributed by atoms with Crippen molar-refractivity contribution in [3.63, 3.8) is 0 Å². The predicted octanol–water partition coefficient (Wildman–Crippen LogP) is 2.32. The first-order valence-corrected chi connectivity index (χ1v) is 11.2. The number of rotatable bonds is 8. The van der Waals surface area contributed by atoms with Gasteiger partial charge in [0.15, 0.2) is 11.8 Å². The summed E-state index contributed by atoms with van der Waals surface area (Å²) in [7, 11) is 0. The Morgan fingerprint density at radius 1 is 1.00 bits per heavy atom. The number of nitrogens with zero attached hydrogens (tertiary/aromatic N) is 3. The van der Waals surface area contributed by atoms with Gasteiger partial charge in [-0.05, 0) is 31.9 Å². The second-order valence-corrected chi connectivity index (χ2v) is 8.02. The van der Waals surface area contributed by atoms with E-state index < -0.39 is 5.97 Å². The zero-order valence-electron chi connectivity index (χ0n) is 18.5. The first kappa shape index (κ1) is 22.1. The fourth-order valence-electron chi connectivity index (χ4n) is 4.35. The van der Waals surface area contributed by atoms with Gasteiger partial charge in [0.2, 0.25) is 0 Å². The number of hydrogen-bond donors (Lipinski definition) is 2. The lowest BCUT2D eigenvalue weighted by atomic mass is 10.0. The summed E-state index contributed by atoms with van der Waals surface area (Å²) < 4.78 is 12.4. The molecule has 4 rings (SSSR count). The molecule has 0 spiro atoms. The number of esters is 1. The number of anilines is 1. The summed E-state index contributed by atoms with van der Waals surface area (Å²) in [4.78, 5) is 16.9. The number of piperazine rings is 1. The molecule has 2 aliphatic rings. The molecule has 1 saturated heterocycles. The van der Waals surface area contributed by atoms with E-state index in [2.05, 4.69) is 15.9 Å². The molecule has 0 radical (unpaired) electrons. The predicted molar refractivity (Wildman–Crippen MR) is 122 cm³/mol.